The predicted molar refractivity (Wildman–Crippen MR) is 79.9 cm³/mol. The molecule has 1 N–H and O–H groups in total. The van der Waals surface area contributed by atoms with Crippen molar-refractivity contribution < 1.29 is 21.6 Å². The third-order valence-electron chi connectivity index (χ3n) is 3.82. The van der Waals surface area contributed by atoms with Crippen molar-refractivity contribution in [3.8, 4) is 0 Å². The van der Waals surface area contributed by atoms with Gasteiger partial charge in [-0.1, -0.05) is 18.2 Å². The molecule has 9 heteroatoms. The zero-order valence-electron chi connectivity index (χ0n) is 12.2. The SMILES string of the molecule is O=S(=O)(NCC(F)(F)F)N1CCCn2c(cc3ccccc32)C1. The number of fused-ring (bicyclic) bond motifs is 3. The van der Waals surface area contributed by atoms with E-state index in [1.54, 1.807) is 4.72 Å². The summed E-state index contributed by atoms with van der Waals surface area (Å²) in [6.45, 7) is -0.686. The van der Waals surface area contributed by atoms with Crippen molar-refractivity contribution in [3.63, 3.8) is 0 Å². The first-order chi connectivity index (χ1) is 10.8. The lowest BCUT2D eigenvalue weighted by Gasteiger charge is -2.20. The van der Waals surface area contributed by atoms with E-state index in [1.807, 2.05) is 34.9 Å². The third kappa shape index (κ3) is 3.51. The lowest BCUT2D eigenvalue weighted by Crippen LogP contribution is -2.44. The van der Waals surface area contributed by atoms with Gasteiger partial charge in [0.2, 0.25) is 0 Å². The minimum Gasteiger partial charge on any atom is -0.343 e. The molecule has 2 heterocycles. The molecule has 0 unspecified atom stereocenters. The van der Waals surface area contributed by atoms with Crippen LogP contribution in [0.3, 0.4) is 0 Å². The summed E-state index contributed by atoms with van der Waals surface area (Å²) < 4.78 is 65.7. The molecule has 0 atom stereocenters. The average molecular weight is 347 g/mol. The Morgan fingerprint density at radius 3 is 2.65 bits per heavy atom. The fourth-order valence-electron chi connectivity index (χ4n) is 2.80. The van der Waals surface area contributed by atoms with Gasteiger partial charge in [-0.05, 0) is 23.9 Å². The van der Waals surface area contributed by atoms with Crippen molar-refractivity contribution in [1.29, 1.82) is 0 Å². The first kappa shape index (κ1) is 16.3. The second-order valence-corrected chi connectivity index (χ2v) is 7.23. The van der Waals surface area contributed by atoms with Crippen LogP contribution in [0.5, 0.6) is 0 Å². The van der Waals surface area contributed by atoms with E-state index < -0.39 is 22.9 Å². The van der Waals surface area contributed by atoms with Gasteiger partial charge in [-0.3, -0.25) is 0 Å². The molecule has 1 aromatic heterocycles. The van der Waals surface area contributed by atoms with Crippen molar-refractivity contribution in [2.24, 2.45) is 0 Å². The summed E-state index contributed by atoms with van der Waals surface area (Å²) in [5.41, 5.74) is 1.78. The fourth-order valence-corrected chi connectivity index (χ4v) is 4.00. The van der Waals surface area contributed by atoms with Gasteiger partial charge in [0.1, 0.15) is 6.54 Å². The maximum Gasteiger partial charge on any atom is 0.402 e. The Balaban J connectivity index is 1.86. The number of aryl methyl sites for hydroxylation is 1. The molecular weight excluding hydrogens is 331 g/mol. The van der Waals surface area contributed by atoms with Crippen LogP contribution >= 0.6 is 0 Å². The highest BCUT2D eigenvalue weighted by atomic mass is 32.2. The first-order valence-corrected chi connectivity index (χ1v) is 8.59. The molecule has 1 aromatic carbocycles. The summed E-state index contributed by atoms with van der Waals surface area (Å²) >= 11 is 0. The molecule has 2 aromatic rings. The van der Waals surface area contributed by atoms with Crippen LogP contribution in [0.1, 0.15) is 12.1 Å². The Hall–Kier alpha value is -1.58. The van der Waals surface area contributed by atoms with E-state index in [9.17, 15) is 21.6 Å². The number of halogens is 3. The number of rotatable bonds is 3. The maximum absolute atomic E-state index is 12.3. The van der Waals surface area contributed by atoms with Crippen molar-refractivity contribution in [2.45, 2.75) is 25.7 Å². The molecule has 0 fully saturated rings. The molecule has 0 amide bonds. The Kier molecular flexibility index (Phi) is 4.11. The molecule has 0 bridgehead atoms. The largest absolute Gasteiger partial charge is 0.402 e. The molecule has 3 rings (SSSR count). The van der Waals surface area contributed by atoms with Gasteiger partial charge in [0.15, 0.2) is 0 Å². The van der Waals surface area contributed by atoms with E-state index in [0.29, 0.717) is 13.0 Å². The number of nitrogens with one attached hydrogen (secondary N) is 1. The van der Waals surface area contributed by atoms with Gasteiger partial charge >= 0.3 is 6.18 Å². The highest BCUT2D eigenvalue weighted by Gasteiger charge is 2.32. The second kappa shape index (κ2) is 5.81. The van der Waals surface area contributed by atoms with Crippen molar-refractivity contribution in [1.82, 2.24) is 13.6 Å². The fraction of sp³-hybridized carbons (Fsp3) is 0.429. The smallest absolute Gasteiger partial charge is 0.343 e. The molecule has 0 saturated carbocycles. The van der Waals surface area contributed by atoms with E-state index >= 15 is 0 Å². The molecule has 1 aliphatic rings. The highest BCUT2D eigenvalue weighted by Crippen LogP contribution is 2.24. The standard InChI is InChI=1S/C14H16F3N3O2S/c15-14(16,17)10-18-23(21,22)19-6-3-7-20-12(9-19)8-11-4-1-2-5-13(11)20/h1-2,4-5,8,18H,3,6-7,9-10H2. The summed E-state index contributed by atoms with van der Waals surface area (Å²) in [5.74, 6) is 0. The minimum absolute atomic E-state index is 0.0574. The number of hydrogen-bond donors (Lipinski definition) is 1. The average Bonchev–Trinajstić information content (AvgIpc) is 2.67. The number of hydrogen-bond acceptors (Lipinski definition) is 2. The van der Waals surface area contributed by atoms with Crippen LogP contribution in [0.25, 0.3) is 10.9 Å². The Labute approximate surface area is 131 Å². The number of aromatic nitrogens is 1. The molecule has 1 aliphatic heterocycles. The van der Waals surface area contributed by atoms with Crippen LogP contribution in [0.4, 0.5) is 13.2 Å². The third-order valence-corrected chi connectivity index (χ3v) is 5.32. The second-order valence-electron chi connectivity index (χ2n) is 5.47. The molecular formula is C14H16F3N3O2S. The van der Waals surface area contributed by atoms with Gasteiger partial charge in [-0.2, -0.15) is 30.6 Å². The summed E-state index contributed by atoms with van der Waals surface area (Å²) in [5, 5.41) is 0.991. The van der Waals surface area contributed by atoms with Gasteiger partial charge < -0.3 is 4.57 Å². The lowest BCUT2D eigenvalue weighted by atomic mass is 10.2. The molecule has 0 aliphatic carbocycles. The highest BCUT2D eigenvalue weighted by molar-refractivity contribution is 7.87. The van der Waals surface area contributed by atoms with Crippen LogP contribution in [0.15, 0.2) is 30.3 Å². The Bertz CT molecular complexity index is 814. The van der Waals surface area contributed by atoms with E-state index in [0.717, 1.165) is 20.9 Å². The van der Waals surface area contributed by atoms with E-state index in [4.69, 9.17) is 0 Å². The number of alkyl halides is 3. The van der Waals surface area contributed by atoms with E-state index in [2.05, 4.69) is 0 Å². The first-order valence-electron chi connectivity index (χ1n) is 7.15. The monoisotopic (exact) mass is 347 g/mol. The van der Waals surface area contributed by atoms with Gasteiger partial charge in [0.05, 0.1) is 6.54 Å². The van der Waals surface area contributed by atoms with Crippen LogP contribution in [-0.2, 0) is 23.3 Å². The van der Waals surface area contributed by atoms with Crippen molar-refractivity contribution >= 4 is 21.1 Å². The van der Waals surface area contributed by atoms with E-state index in [1.165, 1.54) is 0 Å². The Morgan fingerprint density at radius 2 is 1.91 bits per heavy atom. The van der Waals surface area contributed by atoms with Crippen LogP contribution in [0.2, 0.25) is 0 Å². The lowest BCUT2D eigenvalue weighted by molar-refractivity contribution is -0.121. The zero-order valence-corrected chi connectivity index (χ0v) is 13.0. The van der Waals surface area contributed by atoms with Gasteiger partial charge in [0.25, 0.3) is 10.2 Å². The van der Waals surface area contributed by atoms with E-state index in [-0.39, 0.29) is 13.1 Å². The molecule has 0 spiro atoms. The zero-order chi connectivity index (χ0) is 16.7. The summed E-state index contributed by atoms with van der Waals surface area (Å²) in [6, 6.07) is 9.55. The summed E-state index contributed by atoms with van der Waals surface area (Å²) in [4.78, 5) is 0. The van der Waals surface area contributed by atoms with Gasteiger partial charge in [0, 0.05) is 24.3 Å². The Morgan fingerprint density at radius 1 is 1.17 bits per heavy atom. The van der Waals surface area contributed by atoms with Gasteiger partial charge in [-0.25, -0.2) is 0 Å². The maximum atomic E-state index is 12.3. The topological polar surface area (TPSA) is 54.3 Å². The van der Waals surface area contributed by atoms with Crippen molar-refractivity contribution in [3.05, 3.63) is 36.0 Å². The molecule has 0 saturated heterocycles. The number of para-hydroxylation sites is 1. The molecule has 0 radical (unpaired) electrons. The summed E-state index contributed by atoms with van der Waals surface area (Å²) in [6.07, 6.45) is -4.04. The number of nitrogens with zero attached hydrogens (tertiary/aromatic N) is 2. The quantitative estimate of drug-likeness (QED) is 0.926. The molecule has 23 heavy (non-hydrogen) atoms. The van der Waals surface area contributed by atoms with Crippen LogP contribution < -0.4 is 4.72 Å². The molecule has 5 nitrogen and oxygen atoms in total. The van der Waals surface area contributed by atoms with Gasteiger partial charge in [-0.15, -0.1) is 0 Å². The number of benzene rings is 1. The van der Waals surface area contributed by atoms with Crippen LogP contribution in [0, 0.1) is 0 Å². The van der Waals surface area contributed by atoms with Crippen LogP contribution in [-0.4, -0.2) is 36.6 Å². The van der Waals surface area contributed by atoms with Crippen molar-refractivity contribution in [2.75, 3.05) is 13.1 Å². The minimum atomic E-state index is -4.58. The summed E-state index contributed by atoms with van der Waals surface area (Å²) in [7, 11) is -4.17. The normalized spacial score (nSPS) is 17.2. The predicted octanol–water partition coefficient (Wildman–Crippen LogP) is 2.24. The molecule has 126 valence electrons.